The zero-order valence-corrected chi connectivity index (χ0v) is 23.0. The van der Waals surface area contributed by atoms with Crippen molar-refractivity contribution in [3.05, 3.63) is 11.6 Å². The van der Waals surface area contributed by atoms with E-state index in [1.807, 2.05) is 25.8 Å². The summed E-state index contributed by atoms with van der Waals surface area (Å²) in [5, 5.41) is 3.18. The molecule has 0 saturated heterocycles. The average molecular weight is 474 g/mol. The lowest BCUT2D eigenvalue weighted by Gasteiger charge is -2.29. The smallest absolute Gasteiger partial charge is 0.333 e. The molecule has 0 radical (unpaired) electrons. The molecule has 0 aliphatic rings. The summed E-state index contributed by atoms with van der Waals surface area (Å²) < 4.78 is 5.00. The number of nitrogens with zero attached hydrogens (tertiary/aromatic N) is 2. The number of hydrogen-bond acceptors (Lipinski definition) is 6. The maximum atomic E-state index is 12.5. The number of carbonyl (C=O) groups excluding carboxylic acids is 3. The molecule has 188 valence electrons. The van der Waals surface area contributed by atoms with E-state index < -0.39 is 0 Å². The van der Waals surface area contributed by atoms with Gasteiger partial charge in [0.25, 0.3) is 0 Å². The second-order valence-electron chi connectivity index (χ2n) is 9.18. The Morgan fingerprint density at radius 1 is 1.03 bits per heavy atom. The number of amides is 2. The van der Waals surface area contributed by atoms with Crippen molar-refractivity contribution >= 4 is 29.5 Å². The van der Waals surface area contributed by atoms with Gasteiger partial charge in [-0.15, -0.1) is 11.8 Å². The lowest BCUT2D eigenvalue weighted by atomic mass is 10.00. The Bertz CT molecular complexity index is 589. The molecule has 7 nitrogen and oxygen atoms in total. The number of ether oxygens (including phenoxy) is 1. The molecule has 0 unspecified atom stereocenters. The summed E-state index contributed by atoms with van der Waals surface area (Å²) in [4.78, 5) is 39.9. The molecule has 0 spiro atoms. The first-order chi connectivity index (χ1) is 14.7. The minimum Gasteiger partial charge on any atom is -0.463 e. The number of nitrogens with one attached hydrogen (secondary N) is 1. The van der Waals surface area contributed by atoms with Crippen LogP contribution in [0, 0.1) is 11.8 Å². The van der Waals surface area contributed by atoms with Crippen LogP contribution in [-0.2, 0) is 19.1 Å². The van der Waals surface area contributed by atoms with Crippen molar-refractivity contribution in [2.75, 3.05) is 39.7 Å². The monoisotopic (exact) mass is 473 g/mol. The van der Waals surface area contributed by atoms with E-state index in [0.717, 1.165) is 11.8 Å². The number of thioether (sulfide) groups is 1. The van der Waals surface area contributed by atoms with E-state index in [1.54, 1.807) is 43.6 Å². The van der Waals surface area contributed by atoms with Gasteiger partial charge in [0, 0.05) is 23.7 Å². The first-order valence-corrected chi connectivity index (χ1v) is 12.5. The highest BCUT2D eigenvalue weighted by atomic mass is 32.2. The predicted molar refractivity (Wildman–Crippen MR) is 136 cm³/mol. The second-order valence-corrected chi connectivity index (χ2v) is 10.7. The first kappa shape index (κ1) is 32.6. The Balaban J connectivity index is 0. The van der Waals surface area contributed by atoms with Crippen molar-refractivity contribution in [2.24, 2.45) is 11.8 Å². The molecule has 2 amide bonds. The van der Waals surface area contributed by atoms with Gasteiger partial charge in [-0.05, 0) is 32.7 Å². The van der Waals surface area contributed by atoms with Crippen LogP contribution >= 0.6 is 11.8 Å². The molecule has 32 heavy (non-hydrogen) atoms. The van der Waals surface area contributed by atoms with Gasteiger partial charge < -0.3 is 15.0 Å². The standard InChI is InChI=1S/C20H37N3O4S.C4H10/c1-9-27-20(26)16(6)10-17(14(2)3)23(8)19(25)11-21-18(24)12-22(7)13-28-15(4)5;1-4(2)3/h10,14-15,17H,9,11-13H2,1-8H3,(H,21,24);4H,1-3H3/b16-10+;/t17-;/m1./s1. The molecule has 0 fully saturated rings. The molecule has 0 aromatic heterocycles. The van der Waals surface area contributed by atoms with E-state index in [9.17, 15) is 14.4 Å². The molecule has 0 heterocycles. The summed E-state index contributed by atoms with van der Waals surface area (Å²) >= 11 is 1.76. The highest BCUT2D eigenvalue weighted by Gasteiger charge is 2.23. The van der Waals surface area contributed by atoms with Gasteiger partial charge in [-0.25, -0.2) is 4.79 Å². The van der Waals surface area contributed by atoms with Crippen LogP contribution in [0.4, 0.5) is 0 Å². The van der Waals surface area contributed by atoms with Gasteiger partial charge in [0.15, 0.2) is 0 Å². The average Bonchev–Trinajstić information content (AvgIpc) is 2.67. The largest absolute Gasteiger partial charge is 0.463 e. The molecule has 0 bridgehead atoms. The summed E-state index contributed by atoms with van der Waals surface area (Å²) in [6, 6.07) is -0.265. The van der Waals surface area contributed by atoms with Gasteiger partial charge in [0.2, 0.25) is 11.8 Å². The maximum Gasteiger partial charge on any atom is 0.333 e. The summed E-state index contributed by atoms with van der Waals surface area (Å²) in [7, 11) is 3.56. The molecule has 0 aliphatic carbocycles. The minimum absolute atomic E-state index is 0.0734. The fourth-order valence-corrected chi connectivity index (χ4v) is 3.05. The Morgan fingerprint density at radius 3 is 2.00 bits per heavy atom. The van der Waals surface area contributed by atoms with Crippen molar-refractivity contribution in [2.45, 2.75) is 73.6 Å². The predicted octanol–water partition coefficient (Wildman–Crippen LogP) is 3.79. The molecule has 0 rings (SSSR count). The third kappa shape index (κ3) is 17.1. The Hall–Kier alpha value is -1.54. The number of likely N-dealkylation sites (N-methyl/N-ethyl adjacent to an activating group) is 2. The highest BCUT2D eigenvalue weighted by Crippen LogP contribution is 2.14. The number of carbonyl (C=O) groups is 3. The topological polar surface area (TPSA) is 79.0 Å². The Kier molecular flexibility index (Phi) is 18.3. The Labute approximate surface area is 200 Å². The van der Waals surface area contributed by atoms with E-state index in [0.29, 0.717) is 17.4 Å². The van der Waals surface area contributed by atoms with Gasteiger partial charge in [-0.2, -0.15) is 0 Å². The summed E-state index contributed by atoms with van der Waals surface area (Å²) in [6.45, 7) is 18.6. The van der Waals surface area contributed by atoms with E-state index in [2.05, 4.69) is 39.9 Å². The van der Waals surface area contributed by atoms with Crippen LogP contribution in [0.2, 0.25) is 0 Å². The number of rotatable bonds is 12. The van der Waals surface area contributed by atoms with E-state index in [-0.39, 0.29) is 42.8 Å². The summed E-state index contributed by atoms with van der Waals surface area (Å²) in [5.41, 5.74) is 0.466. The van der Waals surface area contributed by atoms with Gasteiger partial charge in [-0.1, -0.05) is 54.5 Å². The van der Waals surface area contributed by atoms with Gasteiger partial charge in [-0.3, -0.25) is 14.5 Å². The van der Waals surface area contributed by atoms with Gasteiger partial charge in [0.1, 0.15) is 0 Å². The molecule has 0 aliphatic heterocycles. The summed E-state index contributed by atoms with van der Waals surface area (Å²) in [6.07, 6.45) is 1.75. The molecule has 0 aromatic rings. The van der Waals surface area contributed by atoms with Crippen molar-refractivity contribution in [3.63, 3.8) is 0 Å². The molecule has 0 aromatic carbocycles. The van der Waals surface area contributed by atoms with Crippen molar-refractivity contribution < 1.29 is 19.1 Å². The lowest BCUT2D eigenvalue weighted by Crippen LogP contribution is -2.46. The van der Waals surface area contributed by atoms with Crippen LogP contribution < -0.4 is 5.32 Å². The van der Waals surface area contributed by atoms with Crippen LogP contribution in [0.5, 0.6) is 0 Å². The zero-order valence-electron chi connectivity index (χ0n) is 22.2. The maximum absolute atomic E-state index is 12.5. The SMILES string of the molecule is CC(C)C.CCOC(=O)/C(C)=C/[C@H](C(C)C)N(C)C(=O)CNC(=O)CN(C)CSC(C)C. The number of hydrogen-bond donors (Lipinski definition) is 1. The molecule has 1 N–H and O–H groups in total. The highest BCUT2D eigenvalue weighted by molar-refractivity contribution is 7.99. The minimum atomic E-state index is -0.385. The number of esters is 1. The summed E-state index contributed by atoms with van der Waals surface area (Å²) in [5.74, 6) is 0.914. The van der Waals surface area contributed by atoms with E-state index >= 15 is 0 Å². The third-order valence-electron chi connectivity index (χ3n) is 4.02. The molecule has 0 saturated carbocycles. The van der Waals surface area contributed by atoms with Crippen LogP contribution in [0.1, 0.15) is 62.3 Å². The van der Waals surface area contributed by atoms with Crippen LogP contribution in [-0.4, -0.2) is 78.5 Å². The van der Waals surface area contributed by atoms with Gasteiger partial charge in [0.05, 0.1) is 25.7 Å². The third-order valence-corrected chi connectivity index (χ3v) is 5.28. The fraction of sp³-hybridized carbons (Fsp3) is 0.792. The van der Waals surface area contributed by atoms with Crippen molar-refractivity contribution in [3.8, 4) is 0 Å². The molecular formula is C24H47N3O4S. The van der Waals surface area contributed by atoms with Crippen molar-refractivity contribution in [1.82, 2.24) is 15.1 Å². The normalized spacial score (nSPS) is 12.5. The molecular weight excluding hydrogens is 426 g/mol. The quantitative estimate of drug-likeness (QED) is 0.264. The van der Waals surface area contributed by atoms with Crippen molar-refractivity contribution in [1.29, 1.82) is 0 Å². The molecule has 1 atom stereocenters. The second kappa shape index (κ2) is 18.0. The lowest BCUT2D eigenvalue weighted by molar-refractivity contribution is -0.138. The van der Waals surface area contributed by atoms with E-state index in [4.69, 9.17) is 4.74 Å². The zero-order chi connectivity index (χ0) is 25.4. The molecule has 8 heteroatoms. The first-order valence-electron chi connectivity index (χ1n) is 11.4. The van der Waals surface area contributed by atoms with Crippen LogP contribution in [0.25, 0.3) is 0 Å². The van der Waals surface area contributed by atoms with Gasteiger partial charge >= 0.3 is 5.97 Å². The van der Waals surface area contributed by atoms with Crippen LogP contribution in [0.3, 0.4) is 0 Å². The van der Waals surface area contributed by atoms with Crippen LogP contribution in [0.15, 0.2) is 11.6 Å². The fourth-order valence-electron chi connectivity index (χ4n) is 2.41. The van der Waals surface area contributed by atoms with E-state index in [1.165, 1.54) is 0 Å². The Morgan fingerprint density at radius 2 is 1.56 bits per heavy atom.